The normalized spacial score (nSPS) is 15.7. The molecule has 2 aromatic carbocycles. The number of hydrogen-bond donors (Lipinski definition) is 2. The van der Waals surface area contributed by atoms with Crippen molar-refractivity contribution < 1.29 is 24.2 Å². The van der Waals surface area contributed by atoms with E-state index in [0.29, 0.717) is 9.88 Å². The van der Waals surface area contributed by atoms with Crippen LogP contribution in [0.2, 0.25) is 0 Å². The van der Waals surface area contributed by atoms with Crippen molar-refractivity contribution in [1.82, 2.24) is 15.2 Å². The molecular weight excluding hydrogens is 454 g/mol. The molecule has 5 rings (SSSR count). The van der Waals surface area contributed by atoms with E-state index in [2.05, 4.69) is 34.6 Å². The summed E-state index contributed by atoms with van der Waals surface area (Å²) in [6.45, 7) is 2.33. The van der Waals surface area contributed by atoms with Crippen LogP contribution >= 0.6 is 11.3 Å². The van der Waals surface area contributed by atoms with Gasteiger partial charge in [-0.25, -0.2) is 9.78 Å². The van der Waals surface area contributed by atoms with Crippen LogP contribution in [-0.2, 0) is 16.1 Å². The predicted octanol–water partition coefficient (Wildman–Crippen LogP) is 3.73. The van der Waals surface area contributed by atoms with Crippen LogP contribution in [0.3, 0.4) is 0 Å². The molecule has 0 unspecified atom stereocenters. The molecule has 0 atom stereocenters. The number of thiazole rings is 1. The number of alkyl carbamates (subject to hydrolysis) is 1. The number of hydrogen-bond acceptors (Lipinski definition) is 6. The molecule has 1 aromatic heterocycles. The number of fused-ring (bicyclic) bond motifs is 3. The summed E-state index contributed by atoms with van der Waals surface area (Å²) in [5.41, 5.74) is 3.72. The third-order valence-corrected chi connectivity index (χ3v) is 7.36. The van der Waals surface area contributed by atoms with Crippen molar-refractivity contribution in [3.05, 3.63) is 75.7 Å². The van der Waals surface area contributed by atoms with E-state index in [9.17, 15) is 19.5 Å². The maximum absolute atomic E-state index is 12.5. The van der Waals surface area contributed by atoms with Crippen LogP contribution in [0.5, 0.6) is 0 Å². The van der Waals surface area contributed by atoms with Crippen molar-refractivity contribution in [3.8, 4) is 11.1 Å². The van der Waals surface area contributed by atoms with Crippen LogP contribution in [0.4, 0.5) is 4.79 Å². The molecule has 1 fully saturated rings. The minimum Gasteiger partial charge on any atom is -0.481 e. The molecule has 0 bridgehead atoms. The number of carboxylic acids is 1. The Morgan fingerprint density at radius 3 is 2.35 bits per heavy atom. The van der Waals surface area contributed by atoms with E-state index in [0.717, 1.165) is 22.3 Å². The van der Waals surface area contributed by atoms with Crippen LogP contribution in [0.15, 0.2) is 54.7 Å². The Balaban J connectivity index is 1.14. The zero-order chi connectivity index (χ0) is 23.9. The highest BCUT2D eigenvalue weighted by Crippen LogP contribution is 2.44. The van der Waals surface area contributed by atoms with Gasteiger partial charge in [0.1, 0.15) is 21.9 Å². The van der Waals surface area contributed by atoms with Gasteiger partial charge in [0.15, 0.2) is 0 Å². The van der Waals surface area contributed by atoms with Gasteiger partial charge in [0.25, 0.3) is 5.91 Å². The van der Waals surface area contributed by atoms with Gasteiger partial charge in [0, 0.05) is 19.0 Å². The molecular formula is C25H23N3O5S. The highest BCUT2D eigenvalue weighted by atomic mass is 32.1. The largest absolute Gasteiger partial charge is 0.481 e. The van der Waals surface area contributed by atoms with E-state index in [1.165, 1.54) is 22.4 Å². The smallest absolute Gasteiger partial charge is 0.407 e. The quantitative estimate of drug-likeness (QED) is 0.560. The highest BCUT2D eigenvalue weighted by molar-refractivity contribution is 7.13. The average molecular weight is 478 g/mol. The lowest BCUT2D eigenvalue weighted by atomic mass is 9.82. The van der Waals surface area contributed by atoms with Gasteiger partial charge in [-0.2, -0.15) is 0 Å². The number of ether oxygens (including phenoxy) is 1. The fourth-order valence-electron chi connectivity index (χ4n) is 4.52. The minimum absolute atomic E-state index is 0.0183. The van der Waals surface area contributed by atoms with Gasteiger partial charge < -0.3 is 20.1 Å². The number of aromatic nitrogens is 1. The van der Waals surface area contributed by atoms with Crippen LogP contribution in [0.1, 0.15) is 38.6 Å². The Morgan fingerprint density at radius 1 is 1.12 bits per heavy atom. The first-order chi connectivity index (χ1) is 16.4. The summed E-state index contributed by atoms with van der Waals surface area (Å²) in [6.07, 6.45) is 0.905. The summed E-state index contributed by atoms with van der Waals surface area (Å²) < 4.78 is 5.52. The molecule has 1 aliphatic carbocycles. The summed E-state index contributed by atoms with van der Waals surface area (Å²) in [5.74, 6) is -1.17. The SMILES string of the molecule is CC1(C(=O)O)CN(C(=O)c2cnc(CNC(=O)OCC3c4ccccc4-c4ccccc43)s2)C1. The predicted molar refractivity (Wildman–Crippen MR) is 126 cm³/mol. The molecule has 9 heteroatoms. The highest BCUT2D eigenvalue weighted by Gasteiger charge is 2.47. The molecule has 3 aromatic rings. The fraction of sp³-hybridized carbons (Fsp3) is 0.280. The maximum atomic E-state index is 12.5. The molecule has 174 valence electrons. The number of carbonyl (C=O) groups is 3. The second-order valence-corrected chi connectivity index (χ2v) is 9.94. The van der Waals surface area contributed by atoms with E-state index in [4.69, 9.17) is 4.74 Å². The molecule has 0 saturated carbocycles. The molecule has 1 saturated heterocycles. The van der Waals surface area contributed by atoms with Crippen LogP contribution in [-0.4, -0.2) is 52.7 Å². The van der Waals surface area contributed by atoms with E-state index in [-0.39, 0.29) is 38.1 Å². The molecule has 2 amide bonds. The van der Waals surface area contributed by atoms with Gasteiger partial charge in [-0.3, -0.25) is 9.59 Å². The second kappa shape index (κ2) is 8.57. The minimum atomic E-state index is -0.908. The van der Waals surface area contributed by atoms with Crippen LogP contribution < -0.4 is 5.32 Å². The Labute approximate surface area is 200 Å². The van der Waals surface area contributed by atoms with Crippen molar-refractivity contribution in [2.24, 2.45) is 5.41 Å². The van der Waals surface area contributed by atoms with E-state index in [1.807, 2.05) is 24.3 Å². The standard InChI is InChI=1S/C25H23N3O5S/c1-25(23(30)31)13-28(14-25)22(29)20-10-26-21(34-20)11-27-24(32)33-12-19-17-8-4-2-6-15(17)16-7-3-5-9-18(16)19/h2-10,19H,11-14H2,1H3,(H,27,32)(H,30,31). The number of rotatable bonds is 6. The number of carbonyl (C=O) groups excluding carboxylic acids is 2. The lowest BCUT2D eigenvalue weighted by Crippen LogP contribution is -2.60. The average Bonchev–Trinajstić information content (AvgIpc) is 3.42. The number of nitrogens with zero attached hydrogens (tertiary/aromatic N) is 2. The van der Waals surface area contributed by atoms with E-state index < -0.39 is 17.5 Å². The third-order valence-electron chi connectivity index (χ3n) is 6.38. The van der Waals surface area contributed by atoms with Crippen molar-refractivity contribution in [2.75, 3.05) is 19.7 Å². The number of nitrogens with one attached hydrogen (secondary N) is 1. The number of amides is 2. The monoisotopic (exact) mass is 477 g/mol. The van der Waals surface area contributed by atoms with Gasteiger partial charge in [-0.15, -0.1) is 11.3 Å². The first kappa shape index (κ1) is 22.1. The van der Waals surface area contributed by atoms with Crippen molar-refractivity contribution >= 4 is 29.3 Å². The summed E-state index contributed by atoms with van der Waals surface area (Å²) in [4.78, 5) is 42.2. The number of carboxylic acid groups (broad SMARTS) is 1. The van der Waals surface area contributed by atoms with Crippen molar-refractivity contribution in [3.63, 3.8) is 0 Å². The van der Waals surface area contributed by atoms with E-state index in [1.54, 1.807) is 6.92 Å². The van der Waals surface area contributed by atoms with Gasteiger partial charge in [-0.05, 0) is 29.2 Å². The number of aliphatic carboxylic acids is 1. The lowest BCUT2D eigenvalue weighted by molar-refractivity contribution is -0.155. The molecule has 2 aliphatic rings. The van der Waals surface area contributed by atoms with Crippen LogP contribution in [0.25, 0.3) is 11.1 Å². The first-order valence-electron chi connectivity index (χ1n) is 10.9. The molecule has 2 N–H and O–H groups in total. The topological polar surface area (TPSA) is 109 Å². The summed E-state index contributed by atoms with van der Waals surface area (Å²) >= 11 is 1.17. The molecule has 0 spiro atoms. The lowest BCUT2D eigenvalue weighted by Gasteiger charge is -2.44. The number of benzene rings is 2. The summed E-state index contributed by atoms with van der Waals surface area (Å²) in [7, 11) is 0. The zero-order valence-electron chi connectivity index (χ0n) is 18.5. The fourth-order valence-corrected chi connectivity index (χ4v) is 5.34. The van der Waals surface area contributed by atoms with Crippen molar-refractivity contribution in [1.29, 1.82) is 0 Å². The van der Waals surface area contributed by atoms with Crippen molar-refractivity contribution in [2.45, 2.75) is 19.4 Å². The maximum Gasteiger partial charge on any atom is 0.407 e. The molecule has 34 heavy (non-hydrogen) atoms. The molecule has 8 nitrogen and oxygen atoms in total. The van der Waals surface area contributed by atoms with Gasteiger partial charge in [0.05, 0.1) is 12.7 Å². The van der Waals surface area contributed by atoms with Crippen LogP contribution in [0, 0.1) is 5.41 Å². The Hall–Kier alpha value is -3.72. The Bertz CT molecular complexity index is 1240. The third kappa shape index (κ3) is 3.92. The number of likely N-dealkylation sites (tertiary alicyclic amines) is 1. The van der Waals surface area contributed by atoms with Gasteiger partial charge in [0.2, 0.25) is 0 Å². The Kier molecular flexibility index (Phi) is 5.57. The molecule has 2 heterocycles. The second-order valence-electron chi connectivity index (χ2n) is 8.82. The Morgan fingerprint density at radius 2 is 1.74 bits per heavy atom. The van der Waals surface area contributed by atoms with Gasteiger partial charge >= 0.3 is 12.1 Å². The zero-order valence-corrected chi connectivity index (χ0v) is 19.3. The van der Waals surface area contributed by atoms with E-state index >= 15 is 0 Å². The molecule has 1 aliphatic heterocycles. The van der Waals surface area contributed by atoms with Gasteiger partial charge in [-0.1, -0.05) is 48.5 Å². The summed E-state index contributed by atoms with van der Waals surface area (Å²) in [6, 6.07) is 16.3. The first-order valence-corrected chi connectivity index (χ1v) is 11.7. The summed E-state index contributed by atoms with van der Waals surface area (Å²) in [5, 5.41) is 12.5. The molecule has 0 radical (unpaired) electrons.